The molecule has 0 radical (unpaired) electrons. The summed E-state index contributed by atoms with van der Waals surface area (Å²) in [7, 11) is 0. The third kappa shape index (κ3) is 4.30. The molecule has 2 aromatic rings. The van der Waals surface area contributed by atoms with Gasteiger partial charge in [0, 0.05) is 23.4 Å². The molecule has 7 nitrogen and oxygen atoms in total. The third-order valence-corrected chi connectivity index (χ3v) is 4.85. The number of rotatable bonds is 8. The predicted octanol–water partition coefficient (Wildman–Crippen LogP) is 2.82. The summed E-state index contributed by atoms with van der Waals surface area (Å²) in [6.45, 7) is 5.69. The van der Waals surface area contributed by atoms with E-state index in [0.717, 1.165) is 18.5 Å². The van der Waals surface area contributed by atoms with Gasteiger partial charge in [-0.1, -0.05) is 6.07 Å². The largest absolute Gasteiger partial charge is 0.461 e. The Morgan fingerprint density at radius 1 is 1.25 bits per heavy atom. The molecule has 0 spiro atoms. The maximum absolute atomic E-state index is 13.0. The fraction of sp³-hybridized carbons (Fsp3) is 0.429. The van der Waals surface area contributed by atoms with Crippen LogP contribution < -0.4 is 0 Å². The van der Waals surface area contributed by atoms with E-state index in [9.17, 15) is 14.4 Å². The first-order valence-corrected chi connectivity index (χ1v) is 9.50. The van der Waals surface area contributed by atoms with Crippen molar-refractivity contribution < 1.29 is 19.1 Å². The highest BCUT2D eigenvalue weighted by molar-refractivity contribution is 6.04. The second-order valence-corrected chi connectivity index (χ2v) is 7.06. The molecule has 1 fully saturated rings. The number of hydrogen-bond donors (Lipinski definition) is 1. The molecular formula is C21H25N3O4. The van der Waals surface area contributed by atoms with Crippen molar-refractivity contribution in [1.29, 1.82) is 0 Å². The summed E-state index contributed by atoms with van der Waals surface area (Å²) in [6, 6.07) is 5.50. The smallest absolute Gasteiger partial charge is 0.355 e. The van der Waals surface area contributed by atoms with Gasteiger partial charge in [-0.3, -0.25) is 14.6 Å². The van der Waals surface area contributed by atoms with Gasteiger partial charge in [-0.25, -0.2) is 4.79 Å². The van der Waals surface area contributed by atoms with Crippen LogP contribution in [-0.2, 0) is 16.1 Å². The molecule has 0 aliphatic heterocycles. The topological polar surface area (TPSA) is 92.4 Å². The van der Waals surface area contributed by atoms with Crippen LogP contribution in [0.5, 0.6) is 0 Å². The van der Waals surface area contributed by atoms with E-state index in [-0.39, 0.29) is 43.0 Å². The molecule has 1 aliphatic carbocycles. The van der Waals surface area contributed by atoms with Crippen LogP contribution in [0.2, 0.25) is 0 Å². The van der Waals surface area contributed by atoms with E-state index in [0.29, 0.717) is 16.8 Å². The van der Waals surface area contributed by atoms with E-state index in [4.69, 9.17) is 4.74 Å². The summed E-state index contributed by atoms with van der Waals surface area (Å²) in [5, 5.41) is 0. The van der Waals surface area contributed by atoms with Gasteiger partial charge in [0.2, 0.25) is 5.91 Å². The number of pyridine rings is 1. The fourth-order valence-corrected chi connectivity index (χ4v) is 3.32. The number of Topliss-reactive ketones (excluding diaryl/α,β-unsaturated/α-hetero) is 1. The van der Waals surface area contributed by atoms with E-state index in [1.807, 2.05) is 18.2 Å². The number of nitrogens with zero attached hydrogens (tertiary/aromatic N) is 2. The molecule has 2 heterocycles. The zero-order valence-electron chi connectivity index (χ0n) is 16.4. The minimum atomic E-state index is -0.485. The first-order chi connectivity index (χ1) is 13.4. The van der Waals surface area contributed by atoms with Gasteiger partial charge in [-0.15, -0.1) is 0 Å². The van der Waals surface area contributed by atoms with Crippen LogP contribution in [0.25, 0.3) is 0 Å². The number of ether oxygens (including phenoxy) is 1. The number of nitrogens with one attached hydrogen (secondary N) is 1. The van der Waals surface area contributed by atoms with E-state index in [1.165, 1.54) is 0 Å². The summed E-state index contributed by atoms with van der Waals surface area (Å²) >= 11 is 0. The van der Waals surface area contributed by atoms with E-state index in [1.54, 1.807) is 31.9 Å². The highest BCUT2D eigenvalue weighted by atomic mass is 16.5. The molecule has 3 rings (SSSR count). The van der Waals surface area contributed by atoms with Crippen molar-refractivity contribution >= 4 is 17.7 Å². The highest BCUT2D eigenvalue weighted by Crippen LogP contribution is 2.31. The van der Waals surface area contributed by atoms with Gasteiger partial charge in [0.05, 0.1) is 25.4 Å². The average Bonchev–Trinajstić information content (AvgIpc) is 3.47. The lowest BCUT2D eigenvalue weighted by molar-refractivity contribution is -0.132. The maximum atomic E-state index is 13.0. The van der Waals surface area contributed by atoms with Crippen molar-refractivity contribution in [1.82, 2.24) is 14.9 Å². The van der Waals surface area contributed by atoms with Crippen LogP contribution in [0.4, 0.5) is 0 Å². The van der Waals surface area contributed by atoms with Gasteiger partial charge >= 0.3 is 5.97 Å². The Kier molecular flexibility index (Phi) is 5.92. The van der Waals surface area contributed by atoms with Crippen LogP contribution in [0.3, 0.4) is 0 Å². The van der Waals surface area contributed by atoms with Crippen LogP contribution in [0.1, 0.15) is 57.6 Å². The van der Waals surface area contributed by atoms with Crippen molar-refractivity contribution in [3.63, 3.8) is 0 Å². The lowest BCUT2D eigenvalue weighted by atomic mass is 10.0. The molecule has 1 saturated carbocycles. The number of aromatic amines is 1. The summed E-state index contributed by atoms with van der Waals surface area (Å²) < 4.78 is 5.04. The summed E-state index contributed by atoms with van der Waals surface area (Å²) in [4.78, 5) is 46.6. The number of hydrogen-bond acceptors (Lipinski definition) is 5. The van der Waals surface area contributed by atoms with Crippen molar-refractivity contribution in [3.05, 3.63) is 52.6 Å². The highest BCUT2D eigenvalue weighted by Gasteiger charge is 2.35. The maximum Gasteiger partial charge on any atom is 0.355 e. The molecule has 0 bridgehead atoms. The zero-order chi connectivity index (χ0) is 20.3. The minimum Gasteiger partial charge on any atom is -0.461 e. The van der Waals surface area contributed by atoms with Gasteiger partial charge in [0.15, 0.2) is 5.78 Å². The number of H-pyrrole nitrogens is 1. The van der Waals surface area contributed by atoms with Crippen LogP contribution in [0, 0.1) is 19.8 Å². The van der Waals surface area contributed by atoms with E-state index < -0.39 is 5.97 Å². The molecule has 148 valence electrons. The Bertz CT molecular complexity index is 885. The molecule has 28 heavy (non-hydrogen) atoms. The molecule has 7 heteroatoms. The van der Waals surface area contributed by atoms with Gasteiger partial charge in [-0.2, -0.15) is 0 Å². The van der Waals surface area contributed by atoms with E-state index in [2.05, 4.69) is 9.97 Å². The van der Waals surface area contributed by atoms with E-state index >= 15 is 0 Å². The Balaban J connectivity index is 1.82. The van der Waals surface area contributed by atoms with Crippen LogP contribution >= 0.6 is 0 Å². The van der Waals surface area contributed by atoms with Gasteiger partial charge in [-0.05, 0) is 51.3 Å². The molecule has 0 saturated heterocycles. The van der Waals surface area contributed by atoms with Crippen molar-refractivity contribution in [3.8, 4) is 0 Å². The molecule has 0 atom stereocenters. The molecule has 0 unspecified atom stereocenters. The fourth-order valence-electron chi connectivity index (χ4n) is 3.32. The quantitative estimate of drug-likeness (QED) is 0.559. The number of ketones is 1. The summed E-state index contributed by atoms with van der Waals surface area (Å²) in [5.41, 5.74) is 2.61. The second-order valence-electron chi connectivity index (χ2n) is 7.06. The van der Waals surface area contributed by atoms with Crippen LogP contribution in [0.15, 0.2) is 24.4 Å². The van der Waals surface area contributed by atoms with Gasteiger partial charge in [0.25, 0.3) is 0 Å². The number of esters is 1. The number of aryl methyl sites for hydroxylation is 1. The molecule has 1 amide bonds. The Labute approximate surface area is 164 Å². The average molecular weight is 383 g/mol. The SMILES string of the molecule is CCOC(=O)c1[nH]c(C)c(C(=O)CN(Cc2ccccn2)C(=O)C2CC2)c1C. The number of aromatic nitrogens is 2. The lowest BCUT2D eigenvalue weighted by Crippen LogP contribution is -2.36. The molecular weight excluding hydrogens is 358 g/mol. The van der Waals surface area contributed by atoms with Crippen LogP contribution in [-0.4, -0.2) is 45.7 Å². The molecule has 0 aromatic carbocycles. The zero-order valence-corrected chi connectivity index (χ0v) is 16.4. The first kappa shape index (κ1) is 19.8. The Hall–Kier alpha value is -2.96. The van der Waals surface area contributed by atoms with Gasteiger partial charge in [0.1, 0.15) is 5.69 Å². The minimum absolute atomic E-state index is 0.0000221. The predicted molar refractivity (Wildman–Crippen MR) is 103 cm³/mol. The Morgan fingerprint density at radius 3 is 2.61 bits per heavy atom. The number of carbonyl (C=O) groups is 3. The summed E-state index contributed by atoms with van der Waals surface area (Å²) in [5.74, 6) is -0.705. The van der Waals surface area contributed by atoms with Gasteiger partial charge < -0.3 is 14.6 Å². The number of carbonyl (C=O) groups excluding carboxylic acids is 3. The van der Waals surface area contributed by atoms with Crippen molar-refractivity contribution in [2.45, 2.75) is 40.2 Å². The summed E-state index contributed by atoms with van der Waals surface area (Å²) in [6.07, 6.45) is 3.39. The standard InChI is InChI=1S/C21H25N3O4/c1-4-28-21(27)19-13(2)18(14(3)23-19)17(25)12-24(20(26)15-8-9-15)11-16-7-5-6-10-22-16/h5-7,10,15,23H,4,8-9,11-12H2,1-3H3. The molecule has 1 aliphatic rings. The van der Waals surface area contributed by atoms with Crippen molar-refractivity contribution in [2.24, 2.45) is 5.92 Å². The monoisotopic (exact) mass is 383 g/mol. The lowest BCUT2D eigenvalue weighted by Gasteiger charge is -2.22. The molecule has 2 aromatic heterocycles. The molecule has 1 N–H and O–H groups in total. The third-order valence-electron chi connectivity index (χ3n) is 4.85. The van der Waals surface area contributed by atoms with Crippen molar-refractivity contribution in [2.75, 3.05) is 13.2 Å². The Morgan fingerprint density at radius 2 is 2.00 bits per heavy atom. The second kappa shape index (κ2) is 8.37. The first-order valence-electron chi connectivity index (χ1n) is 9.50. The number of amides is 1. The normalized spacial score (nSPS) is 13.2.